The molecule has 0 N–H and O–H groups in total. The van der Waals surface area contributed by atoms with E-state index in [1.807, 2.05) is 66.1 Å². The second kappa shape index (κ2) is 8.32. The smallest absolute Gasteiger partial charge is 0.328 e. The molecule has 0 aliphatic carbocycles. The molecular formula is C22H17BrN4O3S. The number of fused-ring (bicyclic) bond motifs is 1. The van der Waals surface area contributed by atoms with Crippen molar-refractivity contribution >= 4 is 39.6 Å². The van der Waals surface area contributed by atoms with E-state index in [2.05, 4.69) is 26.1 Å². The fraction of sp³-hybridized carbons (Fsp3) is 0.182. The molecule has 3 amide bonds. The number of thioether (sulfide) groups is 1. The molecule has 0 bridgehead atoms. The monoisotopic (exact) mass is 496 g/mol. The Morgan fingerprint density at radius 3 is 2.71 bits per heavy atom. The number of halogens is 1. The lowest BCUT2D eigenvalue weighted by Gasteiger charge is -2.40. The first-order valence-corrected chi connectivity index (χ1v) is 11.4. The number of urea groups is 1. The summed E-state index contributed by atoms with van der Waals surface area (Å²) in [5.74, 6) is 0.595. The summed E-state index contributed by atoms with van der Waals surface area (Å²) >= 11 is 4.87. The highest BCUT2D eigenvalue weighted by molar-refractivity contribution is 9.10. The van der Waals surface area contributed by atoms with Gasteiger partial charge in [0.1, 0.15) is 11.8 Å². The molecule has 7 nitrogen and oxygen atoms in total. The van der Waals surface area contributed by atoms with Crippen LogP contribution in [0.3, 0.4) is 0 Å². The van der Waals surface area contributed by atoms with Gasteiger partial charge in [-0.25, -0.2) is 4.79 Å². The van der Waals surface area contributed by atoms with Gasteiger partial charge in [-0.05, 0) is 23.1 Å². The lowest BCUT2D eigenvalue weighted by molar-refractivity contribution is -0.132. The first-order valence-electron chi connectivity index (χ1n) is 9.67. The largest absolute Gasteiger partial charge is 0.337 e. The highest BCUT2D eigenvalue weighted by Gasteiger charge is 2.47. The number of imide groups is 1. The van der Waals surface area contributed by atoms with Crippen molar-refractivity contribution in [2.75, 3.05) is 0 Å². The van der Waals surface area contributed by atoms with Gasteiger partial charge in [0.2, 0.25) is 17.6 Å². The van der Waals surface area contributed by atoms with Gasteiger partial charge in [-0.3, -0.25) is 9.69 Å². The summed E-state index contributed by atoms with van der Waals surface area (Å²) in [5, 5.41) is 5.57. The molecule has 0 radical (unpaired) electrons. The minimum Gasteiger partial charge on any atom is -0.337 e. The minimum absolute atomic E-state index is 0.129. The second-order valence-electron chi connectivity index (χ2n) is 7.22. The maximum absolute atomic E-state index is 13.3. The SMILES string of the molecule is O=C1C2SC=CC2N(Cc2nc(-c3cccc(Br)c3)no2)C(=O)N1Cc1ccccc1. The molecule has 2 unspecified atom stereocenters. The van der Waals surface area contributed by atoms with Crippen LogP contribution in [0.4, 0.5) is 4.79 Å². The third kappa shape index (κ3) is 3.90. The van der Waals surface area contributed by atoms with E-state index >= 15 is 0 Å². The Kier molecular flexibility index (Phi) is 5.37. The summed E-state index contributed by atoms with van der Waals surface area (Å²) in [7, 11) is 0. The quantitative estimate of drug-likeness (QED) is 0.518. The number of nitrogens with zero attached hydrogens (tertiary/aromatic N) is 4. The first kappa shape index (κ1) is 20.0. The molecule has 2 aliphatic rings. The highest BCUT2D eigenvalue weighted by Crippen LogP contribution is 2.35. The Balaban J connectivity index is 1.40. The molecule has 0 saturated carbocycles. The molecule has 1 saturated heterocycles. The van der Waals surface area contributed by atoms with Crippen molar-refractivity contribution in [1.82, 2.24) is 19.9 Å². The van der Waals surface area contributed by atoms with Crippen molar-refractivity contribution < 1.29 is 14.1 Å². The van der Waals surface area contributed by atoms with Crippen LogP contribution in [0.5, 0.6) is 0 Å². The Labute approximate surface area is 191 Å². The van der Waals surface area contributed by atoms with Gasteiger partial charge in [-0.15, -0.1) is 11.8 Å². The van der Waals surface area contributed by atoms with Gasteiger partial charge in [-0.1, -0.05) is 69.6 Å². The molecule has 0 spiro atoms. The van der Waals surface area contributed by atoms with Crippen molar-refractivity contribution in [2.24, 2.45) is 0 Å². The van der Waals surface area contributed by atoms with Gasteiger partial charge in [0.05, 0.1) is 12.6 Å². The van der Waals surface area contributed by atoms with E-state index in [9.17, 15) is 9.59 Å². The topological polar surface area (TPSA) is 79.5 Å². The standard InChI is InChI=1S/C22H17BrN4O3S/c23-16-8-4-7-15(11-16)20-24-18(30-25-20)13-26-17-9-10-31-19(17)21(28)27(22(26)29)12-14-5-2-1-3-6-14/h1-11,17,19H,12-13H2. The number of benzene rings is 2. The van der Waals surface area contributed by atoms with Crippen LogP contribution in [0.1, 0.15) is 11.5 Å². The van der Waals surface area contributed by atoms with Crippen LogP contribution in [0.2, 0.25) is 0 Å². The van der Waals surface area contributed by atoms with Crippen LogP contribution in [0, 0.1) is 0 Å². The molecule has 31 heavy (non-hydrogen) atoms. The summed E-state index contributed by atoms with van der Waals surface area (Å²) in [6.45, 7) is 0.358. The Morgan fingerprint density at radius 1 is 1.06 bits per heavy atom. The van der Waals surface area contributed by atoms with E-state index in [0.717, 1.165) is 15.6 Å². The molecule has 1 fully saturated rings. The van der Waals surface area contributed by atoms with E-state index in [1.54, 1.807) is 4.90 Å². The summed E-state index contributed by atoms with van der Waals surface area (Å²) in [6, 6.07) is 16.4. The van der Waals surface area contributed by atoms with Gasteiger partial charge >= 0.3 is 6.03 Å². The maximum Gasteiger partial charge on any atom is 0.328 e. The predicted molar refractivity (Wildman–Crippen MR) is 120 cm³/mol. The summed E-state index contributed by atoms with van der Waals surface area (Å²) < 4.78 is 6.34. The number of carbonyl (C=O) groups excluding carboxylic acids is 2. The van der Waals surface area contributed by atoms with Crippen molar-refractivity contribution in [1.29, 1.82) is 0 Å². The average Bonchev–Trinajstić information content (AvgIpc) is 3.45. The molecular weight excluding hydrogens is 480 g/mol. The second-order valence-corrected chi connectivity index (χ2v) is 9.19. The normalized spacial score (nSPS) is 20.4. The van der Waals surface area contributed by atoms with Gasteiger partial charge in [0.15, 0.2) is 0 Å². The molecule has 3 heterocycles. The zero-order chi connectivity index (χ0) is 21.4. The van der Waals surface area contributed by atoms with Gasteiger partial charge in [-0.2, -0.15) is 4.98 Å². The lowest BCUT2D eigenvalue weighted by atomic mass is 10.1. The third-order valence-corrected chi connectivity index (χ3v) is 6.78. The maximum atomic E-state index is 13.3. The van der Waals surface area contributed by atoms with Crippen LogP contribution in [-0.2, 0) is 17.9 Å². The number of rotatable bonds is 5. The molecule has 156 valence electrons. The van der Waals surface area contributed by atoms with Crippen molar-refractivity contribution in [3.8, 4) is 11.4 Å². The zero-order valence-corrected chi connectivity index (χ0v) is 18.6. The summed E-state index contributed by atoms with van der Waals surface area (Å²) in [5.41, 5.74) is 1.71. The van der Waals surface area contributed by atoms with Crippen LogP contribution in [0.15, 0.2) is 75.1 Å². The summed E-state index contributed by atoms with van der Waals surface area (Å²) in [6.07, 6.45) is 1.89. The molecule has 1 aromatic heterocycles. The van der Waals surface area contributed by atoms with Crippen LogP contribution >= 0.6 is 27.7 Å². The molecule has 5 rings (SSSR count). The number of amides is 3. The lowest BCUT2D eigenvalue weighted by Crippen LogP contribution is -2.61. The Hall–Kier alpha value is -2.91. The van der Waals surface area contributed by atoms with Gasteiger partial charge in [0.25, 0.3) is 0 Å². The number of aromatic nitrogens is 2. The van der Waals surface area contributed by atoms with E-state index in [1.165, 1.54) is 16.7 Å². The molecule has 9 heteroatoms. The van der Waals surface area contributed by atoms with Gasteiger partial charge < -0.3 is 9.42 Å². The molecule has 2 aliphatic heterocycles. The van der Waals surface area contributed by atoms with Crippen molar-refractivity contribution in [3.05, 3.63) is 82.0 Å². The number of carbonyl (C=O) groups is 2. The van der Waals surface area contributed by atoms with Gasteiger partial charge in [0, 0.05) is 10.0 Å². The Morgan fingerprint density at radius 2 is 1.90 bits per heavy atom. The number of hydrogen-bond donors (Lipinski definition) is 0. The Bertz CT molecular complexity index is 1170. The fourth-order valence-corrected chi connectivity index (χ4v) is 5.15. The van der Waals surface area contributed by atoms with Crippen LogP contribution in [-0.4, -0.2) is 43.2 Å². The van der Waals surface area contributed by atoms with Crippen molar-refractivity contribution in [3.63, 3.8) is 0 Å². The van der Waals surface area contributed by atoms with E-state index in [-0.39, 0.29) is 36.3 Å². The third-order valence-electron chi connectivity index (χ3n) is 5.20. The predicted octanol–water partition coefficient (Wildman–Crippen LogP) is 4.46. The average molecular weight is 497 g/mol. The highest BCUT2D eigenvalue weighted by atomic mass is 79.9. The van der Waals surface area contributed by atoms with E-state index in [4.69, 9.17) is 4.52 Å². The molecule has 3 aromatic rings. The minimum atomic E-state index is -0.367. The van der Waals surface area contributed by atoms with Crippen LogP contribution in [0.25, 0.3) is 11.4 Å². The fourth-order valence-electron chi connectivity index (χ4n) is 3.69. The van der Waals surface area contributed by atoms with E-state index < -0.39 is 0 Å². The van der Waals surface area contributed by atoms with E-state index in [0.29, 0.717) is 11.7 Å². The summed E-state index contributed by atoms with van der Waals surface area (Å²) in [4.78, 5) is 33.7. The first-order chi connectivity index (χ1) is 15.1. The zero-order valence-electron chi connectivity index (χ0n) is 16.2. The molecule has 2 atom stereocenters. The molecule has 2 aromatic carbocycles. The van der Waals surface area contributed by atoms with Crippen molar-refractivity contribution in [2.45, 2.75) is 24.4 Å². The number of hydrogen-bond acceptors (Lipinski definition) is 6. The van der Waals surface area contributed by atoms with Crippen LogP contribution < -0.4 is 0 Å².